The van der Waals surface area contributed by atoms with Crippen molar-refractivity contribution in [3.05, 3.63) is 45.8 Å². The van der Waals surface area contributed by atoms with E-state index in [-0.39, 0.29) is 23.9 Å². The van der Waals surface area contributed by atoms with Crippen LogP contribution >= 0.6 is 0 Å². The Morgan fingerprint density at radius 3 is 2.41 bits per heavy atom. The molecular formula is C17H21N5O5. The standard InChI is InChI=1S/C17H21N5O5/c1-3-10(4-2)14(23)20-13(16(25)26)8-22-7-12(15(24)21-17(22)27)11-5-18-9-19-6-11/h5-7,9-10,13H,3-4,8H2,1-2H3,(H,20,23)(H,25,26)(H,21,24,27)/t13-/m0/s1. The predicted molar refractivity (Wildman–Crippen MR) is 96.0 cm³/mol. The summed E-state index contributed by atoms with van der Waals surface area (Å²) in [7, 11) is 0. The quantitative estimate of drug-likeness (QED) is 0.588. The molecule has 0 fully saturated rings. The number of hydrogen-bond donors (Lipinski definition) is 3. The van der Waals surface area contributed by atoms with E-state index >= 15 is 0 Å². The van der Waals surface area contributed by atoms with Gasteiger partial charge in [0.05, 0.1) is 12.1 Å². The van der Waals surface area contributed by atoms with Gasteiger partial charge >= 0.3 is 11.7 Å². The van der Waals surface area contributed by atoms with Gasteiger partial charge in [-0.1, -0.05) is 13.8 Å². The Hall–Kier alpha value is -3.30. The fourth-order valence-electron chi connectivity index (χ4n) is 2.62. The van der Waals surface area contributed by atoms with Gasteiger partial charge in [-0.15, -0.1) is 0 Å². The van der Waals surface area contributed by atoms with Gasteiger partial charge in [-0.2, -0.15) is 0 Å². The molecule has 10 nitrogen and oxygen atoms in total. The van der Waals surface area contributed by atoms with Crippen LogP contribution in [0.1, 0.15) is 26.7 Å². The third kappa shape index (κ3) is 4.87. The molecule has 0 unspecified atom stereocenters. The van der Waals surface area contributed by atoms with Crippen LogP contribution in [0.25, 0.3) is 11.1 Å². The molecular weight excluding hydrogens is 354 g/mol. The molecule has 1 atom stereocenters. The second-order valence-electron chi connectivity index (χ2n) is 5.99. The number of H-pyrrole nitrogens is 1. The van der Waals surface area contributed by atoms with Crippen molar-refractivity contribution in [3.8, 4) is 11.1 Å². The molecule has 0 bridgehead atoms. The summed E-state index contributed by atoms with van der Waals surface area (Å²) in [6, 6.07) is -1.32. The molecule has 0 aliphatic rings. The number of carboxylic acid groups (broad SMARTS) is 1. The number of carboxylic acids is 1. The molecule has 2 rings (SSSR count). The lowest BCUT2D eigenvalue weighted by molar-refractivity contribution is -0.143. The highest BCUT2D eigenvalue weighted by atomic mass is 16.4. The van der Waals surface area contributed by atoms with Gasteiger partial charge in [0.25, 0.3) is 5.56 Å². The molecule has 144 valence electrons. The number of amides is 1. The van der Waals surface area contributed by atoms with E-state index in [4.69, 9.17) is 0 Å². The van der Waals surface area contributed by atoms with E-state index in [1.165, 1.54) is 24.9 Å². The van der Waals surface area contributed by atoms with Gasteiger partial charge in [0.1, 0.15) is 12.4 Å². The second-order valence-corrected chi connectivity index (χ2v) is 5.99. The monoisotopic (exact) mass is 375 g/mol. The highest BCUT2D eigenvalue weighted by molar-refractivity contribution is 5.84. The van der Waals surface area contributed by atoms with Gasteiger partial charge in [0.2, 0.25) is 5.91 Å². The third-order valence-corrected chi connectivity index (χ3v) is 4.23. The molecule has 0 spiro atoms. The average molecular weight is 375 g/mol. The van der Waals surface area contributed by atoms with Gasteiger partial charge < -0.3 is 10.4 Å². The van der Waals surface area contributed by atoms with Crippen molar-refractivity contribution in [2.75, 3.05) is 0 Å². The highest BCUT2D eigenvalue weighted by Gasteiger charge is 2.24. The molecule has 0 saturated heterocycles. The van der Waals surface area contributed by atoms with Crippen molar-refractivity contribution in [2.24, 2.45) is 5.92 Å². The maximum Gasteiger partial charge on any atom is 0.328 e. The van der Waals surface area contributed by atoms with Crippen LogP contribution in [0.3, 0.4) is 0 Å². The molecule has 2 aromatic rings. The number of hydrogen-bond acceptors (Lipinski definition) is 6. The molecule has 27 heavy (non-hydrogen) atoms. The van der Waals surface area contributed by atoms with E-state index in [0.717, 1.165) is 4.57 Å². The normalized spacial score (nSPS) is 12.0. The number of carbonyl (C=O) groups is 2. The molecule has 2 heterocycles. The highest BCUT2D eigenvalue weighted by Crippen LogP contribution is 2.11. The molecule has 0 aliphatic heterocycles. The van der Waals surface area contributed by atoms with Gasteiger partial charge in [0, 0.05) is 30.1 Å². The van der Waals surface area contributed by atoms with Crippen LogP contribution < -0.4 is 16.6 Å². The number of aromatic nitrogens is 4. The summed E-state index contributed by atoms with van der Waals surface area (Å²) in [4.78, 5) is 57.7. The first-order valence-electron chi connectivity index (χ1n) is 8.49. The van der Waals surface area contributed by atoms with Crippen LogP contribution in [0.2, 0.25) is 0 Å². The third-order valence-electron chi connectivity index (χ3n) is 4.23. The Balaban J connectivity index is 2.33. The number of carbonyl (C=O) groups excluding carboxylic acids is 1. The number of nitrogens with one attached hydrogen (secondary N) is 2. The molecule has 0 aromatic carbocycles. The van der Waals surface area contributed by atoms with E-state index in [0.29, 0.717) is 18.4 Å². The average Bonchev–Trinajstić information content (AvgIpc) is 2.64. The summed E-state index contributed by atoms with van der Waals surface area (Å²) in [6.07, 6.45) is 6.48. The fraction of sp³-hybridized carbons (Fsp3) is 0.412. The summed E-state index contributed by atoms with van der Waals surface area (Å²) in [5.74, 6) is -1.98. The molecule has 1 amide bonds. The van der Waals surface area contributed by atoms with Crippen LogP contribution in [0.5, 0.6) is 0 Å². The minimum Gasteiger partial charge on any atom is -0.480 e. The first-order valence-corrected chi connectivity index (χ1v) is 8.49. The minimum atomic E-state index is -1.32. The maximum absolute atomic E-state index is 12.2. The van der Waals surface area contributed by atoms with Crippen LogP contribution in [0.4, 0.5) is 0 Å². The Morgan fingerprint density at radius 2 is 1.85 bits per heavy atom. The second kappa shape index (κ2) is 8.88. The van der Waals surface area contributed by atoms with Gasteiger partial charge in [-0.3, -0.25) is 19.1 Å². The molecule has 0 saturated carbocycles. The fourth-order valence-corrected chi connectivity index (χ4v) is 2.62. The number of aromatic amines is 1. The minimum absolute atomic E-state index is 0.116. The van der Waals surface area contributed by atoms with E-state index in [1.807, 2.05) is 13.8 Å². The van der Waals surface area contributed by atoms with Crippen molar-refractivity contribution in [3.63, 3.8) is 0 Å². The number of aliphatic carboxylic acids is 1. The Labute approximate surface area is 154 Å². The zero-order valence-electron chi connectivity index (χ0n) is 15.0. The lowest BCUT2D eigenvalue weighted by Crippen LogP contribution is -2.47. The van der Waals surface area contributed by atoms with E-state index in [9.17, 15) is 24.3 Å². The van der Waals surface area contributed by atoms with Gasteiger partial charge in [-0.05, 0) is 12.8 Å². The first kappa shape index (κ1) is 20.0. The van der Waals surface area contributed by atoms with Crippen molar-refractivity contribution >= 4 is 11.9 Å². The largest absolute Gasteiger partial charge is 0.480 e. The van der Waals surface area contributed by atoms with Crippen LogP contribution in [0, 0.1) is 5.92 Å². The van der Waals surface area contributed by atoms with Crippen LogP contribution in [-0.2, 0) is 16.1 Å². The predicted octanol–water partition coefficient (Wildman–Crippen LogP) is -0.000800. The zero-order chi connectivity index (χ0) is 20.0. The topological polar surface area (TPSA) is 147 Å². The SMILES string of the molecule is CCC(CC)C(=O)N[C@@H](Cn1cc(-c2cncnc2)c(=O)[nH]c1=O)C(=O)O. The molecule has 0 aliphatic carbocycles. The lowest BCUT2D eigenvalue weighted by Gasteiger charge is -2.19. The summed E-state index contributed by atoms with van der Waals surface area (Å²) in [5.41, 5.74) is -0.922. The Bertz CT molecular complexity index is 917. The molecule has 2 aromatic heterocycles. The van der Waals surface area contributed by atoms with Crippen molar-refractivity contribution in [1.82, 2.24) is 24.8 Å². The summed E-state index contributed by atoms with van der Waals surface area (Å²) >= 11 is 0. The number of rotatable bonds is 8. The molecule has 3 N–H and O–H groups in total. The Morgan fingerprint density at radius 1 is 1.22 bits per heavy atom. The van der Waals surface area contributed by atoms with Crippen molar-refractivity contribution in [2.45, 2.75) is 39.3 Å². The molecule has 0 radical (unpaired) electrons. The maximum atomic E-state index is 12.2. The zero-order valence-corrected chi connectivity index (χ0v) is 15.0. The Kier molecular flexibility index (Phi) is 6.58. The van der Waals surface area contributed by atoms with Crippen LogP contribution in [0.15, 0.2) is 34.5 Å². The van der Waals surface area contributed by atoms with E-state index < -0.39 is 23.3 Å². The van der Waals surface area contributed by atoms with Crippen molar-refractivity contribution < 1.29 is 14.7 Å². The first-order chi connectivity index (χ1) is 12.9. The molecule has 10 heteroatoms. The summed E-state index contributed by atoms with van der Waals surface area (Å²) in [5, 5.41) is 11.9. The van der Waals surface area contributed by atoms with E-state index in [1.54, 1.807) is 0 Å². The summed E-state index contributed by atoms with van der Waals surface area (Å²) < 4.78 is 1.04. The van der Waals surface area contributed by atoms with Gasteiger partial charge in [-0.25, -0.2) is 19.6 Å². The van der Waals surface area contributed by atoms with Gasteiger partial charge in [0.15, 0.2) is 0 Å². The smallest absolute Gasteiger partial charge is 0.328 e. The number of nitrogens with zero attached hydrogens (tertiary/aromatic N) is 3. The summed E-state index contributed by atoms with van der Waals surface area (Å²) in [6.45, 7) is 3.34. The van der Waals surface area contributed by atoms with E-state index in [2.05, 4.69) is 20.3 Å². The lowest BCUT2D eigenvalue weighted by atomic mass is 10.0. The van der Waals surface area contributed by atoms with Crippen LogP contribution in [-0.4, -0.2) is 42.5 Å². The van der Waals surface area contributed by atoms with Crippen molar-refractivity contribution in [1.29, 1.82) is 0 Å².